The molecule has 1 amide bonds. The Morgan fingerprint density at radius 2 is 2.21 bits per heavy atom. The van der Waals surface area contributed by atoms with Crippen LogP contribution >= 0.6 is 11.8 Å². The lowest BCUT2D eigenvalue weighted by atomic mass is 10.3. The smallest absolute Gasteiger partial charge is 0.414 e. The van der Waals surface area contributed by atoms with Gasteiger partial charge in [0.05, 0.1) is 12.2 Å². The molecule has 1 fully saturated rings. The summed E-state index contributed by atoms with van der Waals surface area (Å²) in [4.78, 5) is 14.1. The van der Waals surface area contributed by atoms with Crippen LogP contribution in [0.25, 0.3) is 0 Å². The number of ether oxygens (including phenoxy) is 1. The van der Waals surface area contributed by atoms with Crippen molar-refractivity contribution in [2.45, 2.75) is 4.90 Å². The molecule has 0 N–H and O–H groups in total. The van der Waals surface area contributed by atoms with Gasteiger partial charge in [-0.25, -0.2) is 4.79 Å². The van der Waals surface area contributed by atoms with E-state index in [4.69, 9.17) is 4.74 Å². The van der Waals surface area contributed by atoms with Crippen molar-refractivity contribution in [3.05, 3.63) is 24.3 Å². The molecule has 4 heteroatoms. The second-order valence-electron chi connectivity index (χ2n) is 2.94. The van der Waals surface area contributed by atoms with Gasteiger partial charge >= 0.3 is 6.09 Å². The number of amides is 1. The molecule has 74 valence electrons. The van der Waals surface area contributed by atoms with Gasteiger partial charge in [-0.1, -0.05) is 12.1 Å². The lowest BCUT2D eigenvalue weighted by molar-refractivity contribution is 0.181. The summed E-state index contributed by atoms with van der Waals surface area (Å²) in [7, 11) is 0. The number of thioether (sulfide) groups is 1. The zero-order valence-electron chi connectivity index (χ0n) is 7.90. The van der Waals surface area contributed by atoms with E-state index in [1.807, 2.05) is 30.5 Å². The van der Waals surface area contributed by atoms with Gasteiger partial charge in [0.1, 0.15) is 6.61 Å². The largest absolute Gasteiger partial charge is 0.447 e. The van der Waals surface area contributed by atoms with E-state index in [1.165, 1.54) is 0 Å². The van der Waals surface area contributed by atoms with Crippen molar-refractivity contribution >= 4 is 23.5 Å². The zero-order chi connectivity index (χ0) is 9.97. The van der Waals surface area contributed by atoms with Crippen LogP contribution in [0, 0.1) is 0 Å². The van der Waals surface area contributed by atoms with Crippen molar-refractivity contribution in [2.24, 2.45) is 0 Å². The number of hydrogen-bond donors (Lipinski definition) is 0. The van der Waals surface area contributed by atoms with Crippen LogP contribution < -0.4 is 4.90 Å². The Bertz CT molecular complexity index is 354. The first-order chi connectivity index (χ1) is 6.83. The molecular weight excluding hydrogens is 198 g/mol. The first-order valence-electron chi connectivity index (χ1n) is 4.40. The van der Waals surface area contributed by atoms with Gasteiger partial charge in [0.25, 0.3) is 0 Å². The Kier molecular flexibility index (Phi) is 2.63. The van der Waals surface area contributed by atoms with Crippen molar-refractivity contribution in [1.29, 1.82) is 0 Å². The van der Waals surface area contributed by atoms with Crippen molar-refractivity contribution in [2.75, 3.05) is 24.3 Å². The predicted molar refractivity (Wildman–Crippen MR) is 56.9 cm³/mol. The van der Waals surface area contributed by atoms with E-state index in [0.29, 0.717) is 13.2 Å². The number of benzene rings is 1. The van der Waals surface area contributed by atoms with Crippen LogP contribution in [0.1, 0.15) is 0 Å². The first-order valence-corrected chi connectivity index (χ1v) is 5.62. The van der Waals surface area contributed by atoms with E-state index >= 15 is 0 Å². The number of rotatable bonds is 2. The maximum atomic E-state index is 11.3. The Balaban J connectivity index is 2.35. The Labute approximate surface area is 87.0 Å². The minimum absolute atomic E-state index is 0.244. The third-order valence-corrected chi connectivity index (χ3v) is 2.92. The standard InChI is InChI=1S/C10H11NO2S/c1-14-9-5-3-2-4-8(9)11-6-7-13-10(11)12/h2-5H,6-7H2,1H3. The highest BCUT2D eigenvalue weighted by molar-refractivity contribution is 7.98. The van der Waals surface area contributed by atoms with Crippen LogP contribution in [0.2, 0.25) is 0 Å². The van der Waals surface area contributed by atoms with E-state index in [-0.39, 0.29) is 6.09 Å². The zero-order valence-corrected chi connectivity index (χ0v) is 8.71. The molecule has 0 atom stereocenters. The highest BCUT2D eigenvalue weighted by Crippen LogP contribution is 2.29. The molecule has 0 bridgehead atoms. The fourth-order valence-electron chi connectivity index (χ4n) is 1.47. The van der Waals surface area contributed by atoms with Crippen molar-refractivity contribution in [3.8, 4) is 0 Å². The van der Waals surface area contributed by atoms with E-state index < -0.39 is 0 Å². The number of carbonyl (C=O) groups excluding carboxylic acids is 1. The highest BCUT2D eigenvalue weighted by atomic mass is 32.2. The molecule has 14 heavy (non-hydrogen) atoms. The summed E-state index contributed by atoms with van der Waals surface area (Å²) in [5.74, 6) is 0. The van der Waals surface area contributed by atoms with Gasteiger partial charge in [-0.05, 0) is 18.4 Å². The molecule has 1 aromatic carbocycles. The van der Waals surface area contributed by atoms with Gasteiger partial charge in [-0.2, -0.15) is 0 Å². The molecule has 0 aliphatic carbocycles. The third kappa shape index (κ3) is 1.57. The molecule has 1 aromatic rings. The van der Waals surface area contributed by atoms with Crippen LogP contribution in [0.5, 0.6) is 0 Å². The molecule has 1 heterocycles. The average molecular weight is 209 g/mol. The quantitative estimate of drug-likeness (QED) is 0.700. The van der Waals surface area contributed by atoms with Crippen LogP contribution in [0.15, 0.2) is 29.2 Å². The number of cyclic esters (lactones) is 1. The molecule has 1 aliphatic heterocycles. The Morgan fingerprint density at radius 1 is 1.43 bits per heavy atom. The van der Waals surface area contributed by atoms with Crippen LogP contribution in [-0.4, -0.2) is 25.5 Å². The summed E-state index contributed by atoms with van der Waals surface area (Å²) in [5.41, 5.74) is 0.947. The summed E-state index contributed by atoms with van der Waals surface area (Å²) in [5, 5.41) is 0. The van der Waals surface area contributed by atoms with Crippen LogP contribution in [0.4, 0.5) is 10.5 Å². The van der Waals surface area contributed by atoms with Crippen molar-refractivity contribution in [3.63, 3.8) is 0 Å². The van der Waals surface area contributed by atoms with Gasteiger partial charge in [-0.3, -0.25) is 4.90 Å². The molecule has 2 rings (SSSR count). The SMILES string of the molecule is CSc1ccccc1N1CCOC1=O. The Hall–Kier alpha value is -1.16. The molecule has 0 saturated carbocycles. The summed E-state index contributed by atoms with van der Waals surface area (Å²) < 4.78 is 4.90. The van der Waals surface area contributed by atoms with Gasteiger partial charge in [0, 0.05) is 4.90 Å². The molecule has 1 saturated heterocycles. The summed E-state index contributed by atoms with van der Waals surface area (Å²) in [6.07, 6.45) is 1.76. The number of nitrogens with zero attached hydrogens (tertiary/aromatic N) is 1. The lowest BCUT2D eigenvalue weighted by Gasteiger charge is -2.15. The molecule has 0 spiro atoms. The fourth-order valence-corrected chi connectivity index (χ4v) is 2.07. The Morgan fingerprint density at radius 3 is 2.86 bits per heavy atom. The molecule has 3 nitrogen and oxygen atoms in total. The second kappa shape index (κ2) is 3.92. The number of anilines is 1. The van der Waals surface area contributed by atoms with Gasteiger partial charge in [0.15, 0.2) is 0 Å². The number of carbonyl (C=O) groups is 1. The van der Waals surface area contributed by atoms with Crippen LogP contribution in [-0.2, 0) is 4.74 Å². The minimum Gasteiger partial charge on any atom is -0.447 e. The monoisotopic (exact) mass is 209 g/mol. The predicted octanol–water partition coefficient (Wildman–Crippen LogP) is 2.37. The van der Waals surface area contributed by atoms with Crippen molar-refractivity contribution < 1.29 is 9.53 Å². The maximum absolute atomic E-state index is 11.3. The van der Waals surface area contributed by atoms with E-state index in [2.05, 4.69) is 0 Å². The van der Waals surface area contributed by atoms with Crippen molar-refractivity contribution in [1.82, 2.24) is 0 Å². The second-order valence-corrected chi connectivity index (χ2v) is 3.79. The summed E-state index contributed by atoms with van der Waals surface area (Å²) in [6, 6.07) is 7.85. The summed E-state index contributed by atoms with van der Waals surface area (Å²) >= 11 is 1.63. The molecule has 0 aromatic heterocycles. The van der Waals surface area contributed by atoms with E-state index in [0.717, 1.165) is 10.6 Å². The van der Waals surface area contributed by atoms with Gasteiger partial charge in [-0.15, -0.1) is 11.8 Å². The number of para-hydroxylation sites is 1. The summed E-state index contributed by atoms with van der Waals surface area (Å²) in [6.45, 7) is 1.14. The third-order valence-electron chi connectivity index (χ3n) is 2.14. The normalized spacial score (nSPS) is 15.8. The molecule has 0 unspecified atom stereocenters. The maximum Gasteiger partial charge on any atom is 0.414 e. The minimum atomic E-state index is -0.244. The highest BCUT2D eigenvalue weighted by Gasteiger charge is 2.24. The fraction of sp³-hybridized carbons (Fsp3) is 0.300. The van der Waals surface area contributed by atoms with Crippen LogP contribution in [0.3, 0.4) is 0 Å². The average Bonchev–Trinajstić information content (AvgIpc) is 2.64. The molecular formula is C10H11NO2S. The topological polar surface area (TPSA) is 29.5 Å². The van der Waals surface area contributed by atoms with E-state index in [1.54, 1.807) is 16.7 Å². The molecule has 0 radical (unpaired) electrons. The number of hydrogen-bond acceptors (Lipinski definition) is 3. The lowest BCUT2D eigenvalue weighted by Crippen LogP contribution is -2.23. The van der Waals surface area contributed by atoms with Gasteiger partial charge < -0.3 is 4.74 Å². The first kappa shape index (κ1) is 9.40. The van der Waals surface area contributed by atoms with E-state index in [9.17, 15) is 4.79 Å². The molecule has 1 aliphatic rings. The van der Waals surface area contributed by atoms with Gasteiger partial charge in [0.2, 0.25) is 0 Å².